The summed E-state index contributed by atoms with van der Waals surface area (Å²) in [5.74, 6) is -0.431. The SMILES string of the molecule is CON(C)S(=O)(=O)c1cccc(C(=O)Nc2cnc3ccccc3c2)c1. The van der Waals surface area contributed by atoms with Gasteiger partial charge < -0.3 is 5.32 Å². The van der Waals surface area contributed by atoms with Crippen molar-refractivity contribution < 1.29 is 18.0 Å². The lowest BCUT2D eigenvalue weighted by Gasteiger charge is -2.14. The summed E-state index contributed by atoms with van der Waals surface area (Å²) in [4.78, 5) is 21.5. The van der Waals surface area contributed by atoms with Gasteiger partial charge in [-0.1, -0.05) is 28.7 Å². The Hall–Kier alpha value is -2.81. The Kier molecular flexibility index (Phi) is 4.99. The van der Waals surface area contributed by atoms with Gasteiger partial charge in [-0.2, -0.15) is 0 Å². The average molecular weight is 371 g/mol. The third kappa shape index (κ3) is 3.57. The number of benzene rings is 2. The summed E-state index contributed by atoms with van der Waals surface area (Å²) >= 11 is 0. The Morgan fingerprint density at radius 3 is 2.65 bits per heavy atom. The van der Waals surface area contributed by atoms with Crippen molar-refractivity contribution in [1.82, 2.24) is 9.45 Å². The lowest BCUT2D eigenvalue weighted by atomic mass is 10.2. The van der Waals surface area contributed by atoms with Gasteiger partial charge in [-0.3, -0.25) is 14.6 Å². The summed E-state index contributed by atoms with van der Waals surface area (Å²) in [5, 5.41) is 3.62. The number of anilines is 1. The van der Waals surface area contributed by atoms with Gasteiger partial charge in [0.15, 0.2) is 0 Å². The van der Waals surface area contributed by atoms with Gasteiger partial charge in [0.1, 0.15) is 0 Å². The number of nitrogens with zero attached hydrogens (tertiary/aromatic N) is 2. The minimum Gasteiger partial charge on any atom is -0.321 e. The normalized spacial score (nSPS) is 11.7. The minimum atomic E-state index is -3.83. The van der Waals surface area contributed by atoms with Crippen LogP contribution in [0.3, 0.4) is 0 Å². The fraction of sp³-hybridized carbons (Fsp3) is 0.111. The molecule has 0 atom stereocenters. The molecular formula is C18H17N3O4S. The van der Waals surface area contributed by atoms with Gasteiger partial charge in [0, 0.05) is 18.0 Å². The molecule has 0 aliphatic heterocycles. The number of hydrogen-bond donors (Lipinski definition) is 1. The fourth-order valence-electron chi connectivity index (χ4n) is 2.39. The number of amides is 1. The Morgan fingerprint density at radius 1 is 1.12 bits per heavy atom. The molecule has 0 aliphatic rings. The first-order valence-corrected chi connectivity index (χ1v) is 9.15. The average Bonchev–Trinajstić information content (AvgIpc) is 2.67. The van der Waals surface area contributed by atoms with Gasteiger partial charge in [0.25, 0.3) is 15.9 Å². The molecule has 0 spiro atoms. The number of aromatic nitrogens is 1. The summed E-state index contributed by atoms with van der Waals surface area (Å²) in [7, 11) is -1.30. The largest absolute Gasteiger partial charge is 0.321 e. The molecule has 0 aliphatic carbocycles. The number of fused-ring (bicyclic) bond motifs is 1. The molecule has 2 aromatic carbocycles. The molecule has 26 heavy (non-hydrogen) atoms. The summed E-state index contributed by atoms with van der Waals surface area (Å²) in [6.07, 6.45) is 1.56. The lowest BCUT2D eigenvalue weighted by Crippen LogP contribution is -2.26. The number of hydroxylamine groups is 1. The number of nitrogens with one attached hydrogen (secondary N) is 1. The smallest absolute Gasteiger partial charge is 0.264 e. The van der Waals surface area contributed by atoms with E-state index in [-0.39, 0.29) is 10.5 Å². The van der Waals surface area contributed by atoms with E-state index in [1.165, 1.54) is 38.4 Å². The highest BCUT2D eigenvalue weighted by Crippen LogP contribution is 2.19. The highest BCUT2D eigenvalue weighted by molar-refractivity contribution is 7.89. The van der Waals surface area contributed by atoms with Crippen molar-refractivity contribution in [2.24, 2.45) is 0 Å². The zero-order chi connectivity index (χ0) is 18.7. The summed E-state index contributed by atoms with van der Waals surface area (Å²) in [6, 6.07) is 15.1. The zero-order valence-electron chi connectivity index (χ0n) is 14.2. The molecule has 0 fully saturated rings. The van der Waals surface area contributed by atoms with E-state index in [0.717, 1.165) is 15.4 Å². The van der Waals surface area contributed by atoms with Crippen LogP contribution in [0, 0.1) is 0 Å². The van der Waals surface area contributed by atoms with Crippen molar-refractivity contribution in [2.75, 3.05) is 19.5 Å². The molecule has 1 heterocycles. The quantitative estimate of drug-likeness (QED) is 0.697. The number of carbonyl (C=O) groups is 1. The fourth-order valence-corrected chi connectivity index (χ4v) is 3.41. The molecule has 3 aromatic rings. The van der Waals surface area contributed by atoms with Crippen LogP contribution in [0.5, 0.6) is 0 Å². The highest BCUT2D eigenvalue weighted by atomic mass is 32.2. The Labute approximate surface area is 151 Å². The molecule has 0 bridgehead atoms. The number of para-hydroxylation sites is 1. The third-order valence-corrected chi connectivity index (χ3v) is 5.51. The Balaban J connectivity index is 1.87. The standard InChI is InChI=1S/C18H17N3O4S/c1-21(25-2)26(23,24)16-8-5-7-14(11-16)18(22)20-15-10-13-6-3-4-9-17(13)19-12-15/h3-12H,1-2H3,(H,20,22). The molecule has 134 valence electrons. The minimum absolute atomic E-state index is 0.0360. The van der Waals surface area contributed by atoms with Crippen LogP contribution in [0.2, 0.25) is 0 Å². The van der Waals surface area contributed by atoms with Gasteiger partial charge in [-0.05, 0) is 30.3 Å². The van der Waals surface area contributed by atoms with Crippen LogP contribution < -0.4 is 5.32 Å². The highest BCUT2D eigenvalue weighted by Gasteiger charge is 2.22. The molecule has 0 unspecified atom stereocenters. The van der Waals surface area contributed by atoms with Crippen LogP contribution in [0.1, 0.15) is 10.4 Å². The number of hydrogen-bond acceptors (Lipinski definition) is 5. The predicted molar refractivity (Wildman–Crippen MR) is 98.1 cm³/mol. The van der Waals surface area contributed by atoms with Gasteiger partial charge in [0.05, 0.1) is 29.4 Å². The number of rotatable bonds is 5. The first-order valence-electron chi connectivity index (χ1n) is 7.71. The molecular weight excluding hydrogens is 354 g/mol. The third-order valence-electron chi connectivity index (χ3n) is 3.84. The maximum Gasteiger partial charge on any atom is 0.264 e. The van der Waals surface area contributed by atoms with E-state index in [0.29, 0.717) is 5.69 Å². The molecule has 0 saturated carbocycles. The van der Waals surface area contributed by atoms with Crippen LogP contribution in [0.25, 0.3) is 10.9 Å². The van der Waals surface area contributed by atoms with Crippen molar-refractivity contribution in [1.29, 1.82) is 0 Å². The number of pyridine rings is 1. The van der Waals surface area contributed by atoms with Crippen molar-refractivity contribution in [2.45, 2.75) is 4.90 Å². The molecule has 8 heteroatoms. The first-order chi connectivity index (χ1) is 12.4. The molecule has 1 aromatic heterocycles. The van der Waals surface area contributed by atoms with E-state index in [2.05, 4.69) is 10.3 Å². The summed E-state index contributed by atoms with van der Waals surface area (Å²) in [5.41, 5.74) is 1.56. The lowest BCUT2D eigenvalue weighted by molar-refractivity contribution is -0.0258. The van der Waals surface area contributed by atoms with Crippen molar-refractivity contribution in [3.05, 3.63) is 66.4 Å². The van der Waals surface area contributed by atoms with E-state index in [1.807, 2.05) is 24.3 Å². The Bertz CT molecular complexity index is 1070. The topological polar surface area (TPSA) is 88.6 Å². The second kappa shape index (κ2) is 7.20. The van der Waals surface area contributed by atoms with Crippen molar-refractivity contribution in [3.63, 3.8) is 0 Å². The second-order valence-electron chi connectivity index (χ2n) is 5.50. The second-order valence-corrected chi connectivity index (χ2v) is 7.43. The number of sulfonamides is 1. The van der Waals surface area contributed by atoms with Crippen LogP contribution >= 0.6 is 0 Å². The van der Waals surface area contributed by atoms with Gasteiger partial charge >= 0.3 is 0 Å². The van der Waals surface area contributed by atoms with Crippen LogP contribution in [0.15, 0.2) is 65.7 Å². The zero-order valence-corrected chi connectivity index (χ0v) is 15.0. The van der Waals surface area contributed by atoms with Crippen LogP contribution in [-0.4, -0.2) is 37.9 Å². The van der Waals surface area contributed by atoms with E-state index < -0.39 is 15.9 Å². The van der Waals surface area contributed by atoms with Crippen molar-refractivity contribution >= 4 is 32.5 Å². The van der Waals surface area contributed by atoms with Gasteiger partial charge in [0.2, 0.25) is 0 Å². The van der Waals surface area contributed by atoms with E-state index in [4.69, 9.17) is 4.84 Å². The number of carbonyl (C=O) groups excluding carboxylic acids is 1. The molecule has 1 amide bonds. The molecule has 0 saturated heterocycles. The monoisotopic (exact) mass is 371 g/mol. The van der Waals surface area contributed by atoms with Gasteiger partial charge in [-0.15, -0.1) is 0 Å². The Morgan fingerprint density at radius 2 is 1.88 bits per heavy atom. The van der Waals surface area contributed by atoms with E-state index in [1.54, 1.807) is 12.3 Å². The van der Waals surface area contributed by atoms with E-state index in [9.17, 15) is 13.2 Å². The molecule has 3 rings (SSSR count). The predicted octanol–water partition coefficient (Wildman–Crippen LogP) is 2.67. The van der Waals surface area contributed by atoms with Gasteiger partial charge in [-0.25, -0.2) is 8.42 Å². The summed E-state index contributed by atoms with van der Waals surface area (Å²) in [6.45, 7) is 0. The summed E-state index contributed by atoms with van der Waals surface area (Å²) < 4.78 is 25.3. The van der Waals surface area contributed by atoms with Crippen LogP contribution in [-0.2, 0) is 14.9 Å². The molecule has 1 N–H and O–H groups in total. The van der Waals surface area contributed by atoms with Crippen LogP contribution in [0.4, 0.5) is 5.69 Å². The molecule has 7 nitrogen and oxygen atoms in total. The maximum absolute atomic E-state index is 12.5. The first kappa shape index (κ1) is 18.0. The van der Waals surface area contributed by atoms with E-state index >= 15 is 0 Å². The molecule has 0 radical (unpaired) electrons. The maximum atomic E-state index is 12.5. The van der Waals surface area contributed by atoms with Crippen molar-refractivity contribution in [3.8, 4) is 0 Å².